The van der Waals surface area contributed by atoms with Crippen LogP contribution in [0.25, 0.3) is 0 Å². The molecule has 0 aromatic heterocycles. The van der Waals surface area contributed by atoms with E-state index in [2.05, 4.69) is 34.9 Å². The zero-order chi connectivity index (χ0) is 13.3. The number of likely N-dealkylation sites (N-methyl/N-ethyl adjacent to an activating group) is 1. The minimum absolute atomic E-state index is 0.131. The molecule has 0 saturated carbocycles. The fourth-order valence-electron chi connectivity index (χ4n) is 2.31. The Hall–Kier alpha value is -0.870. The van der Waals surface area contributed by atoms with Gasteiger partial charge in [0.2, 0.25) is 0 Å². The largest absolute Gasteiger partial charge is 0.337 e. The number of aryl methyl sites for hydroxylation is 1. The van der Waals surface area contributed by atoms with Gasteiger partial charge in [-0.25, -0.2) is 0 Å². The lowest BCUT2D eigenvalue weighted by atomic mass is 10.1. The quantitative estimate of drug-likeness (QED) is 0.838. The summed E-state index contributed by atoms with van der Waals surface area (Å²) in [5.41, 5.74) is 1.92. The predicted molar refractivity (Wildman–Crippen MR) is 76.9 cm³/mol. The van der Waals surface area contributed by atoms with Crippen LogP contribution in [0, 0.1) is 6.92 Å². The minimum Gasteiger partial charge on any atom is -0.337 e. The molecule has 1 amide bonds. The van der Waals surface area contributed by atoms with E-state index in [0.717, 1.165) is 35.1 Å². The number of amides is 1. The second kappa shape index (κ2) is 5.41. The molecular weight excluding hydrogens is 292 g/mol. The third-order valence-electron chi connectivity index (χ3n) is 3.54. The van der Waals surface area contributed by atoms with Crippen LogP contribution < -0.4 is 0 Å². The summed E-state index contributed by atoms with van der Waals surface area (Å²) in [5.74, 6) is 0.131. The zero-order valence-corrected chi connectivity index (χ0v) is 12.7. The molecule has 1 fully saturated rings. The van der Waals surface area contributed by atoms with Crippen molar-refractivity contribution in [3.63, 3.8) is 0 Å². The molecular formula is C14H19BrN2O. The molecule has 1 saturated heterocycles. The van der Waals surface area contributed by atoms with E-state index >= 15 is 0 Å². The molecule has 3 nitrogen and oxygen atoms in total. The summed E-state index contributed by atoms with van der Waals surface area (Å²) < 4.78 is 0.890. The Bertz CT molecular complexity index is 459. The molecule has 1 aromatic rings. The van der Waals surface area contributed by atoms with Gasteiger partial charge in [0.15, 0.2) is 0 Å². The Labute approximate surface area is 117 Å². The highest BCUT2D eigenvalue weighted by Crippen LogP contribution is 2.22. The molecule has 4 heteroatoms. The van der Waals surface area contributed by atoms with Gasteiger partial charge in [-0.1, -0.05) is 6.07 Å². The average molecular weight is 311 g/mol. The monoisotopic (exact) mass is 310 g/mol. The van der Waals surface area contributed by atoms with Gasteiger partial charge in [0.05, 0.1) is 5.56 Å². The number of rotatable bonds is 2. The third kappa shape index (κ3) is 2.75. The Kier molecular flexibility index (Phi) is 4.07. The van der Waals surface area contributed by atoms with Crippen LogP contribution in [-0.4, -0.2) is 48.9 Å². The summed E-state index contributed by atoms with van der Waals surface area (Å²) in [5, 5.41) is 0. The molecule has 0 N–H and O–H groups in total. The van der Waals surface area contributed by atoms with Crippen molar-refractivity contribution in [1.29, 1.82) is 0 Å². The summed E-state index contributed by atoms with van der Waals surface area (Å²) in [4.78, 5) is 16.6. The average Bonchev–Trinajstić information content (AvgIpc) is 2.77. The van der Waals surface area contributed by atoms with Crippen LogP contribution in [0.15, 0.2) is 22.7 Å². The highest BCUT2D eigenvalue weighted by molar-refractivity contribution is 9.10. The third-order valence-corrected chi connectivity index (χ3v) is 4.19. The number of hydrogen-bond donors (Lipinski definition) is 0. The molecule has 0 spiro atoms. The van der Waals surface area contributed by atoms with Gasteiger partial charge in [-0.2, -0.15) is 0 Å². The van der Waals surface area contributed by atoms with Crippen molar-refractivity contribution in [2.75, 3.05) is 27.2 Å². The van der Waals surface area contributed by atoms with Gasteiger partial charge >= 0.3 is 0 Å². The minimum atomic E-state index is 0.131. The number of nitrogens with zero attached hydrogens (tertiary/aromatic N) is 2. The normalized spacial score (nSPS) is 19.6. The van der Waals surface area contributed by atoms with Gasteiger partial charge < -0.3 is 9.80 Å². The van der Waals surface area contributed by atoms with Crippen LogP contribution in [0.1, 0.15) is 22.3 Å². The second-order valence-corrected chi connectivity index (χ2v) is 5.99. The molecule has 98 valence electrons. The maximum atomic E-state index is 12.4. The Morgan fingerprint density at radius 3 is 2.72 bits per heavy atom. The smallest absolute Gasteiger partial charge is 0.255 e. The lowest BCUT2D eigenvalue weighted by Crippen LogP contribution is -2.34. The van der Waals surface area contributed by atoms with Crippen molar-refractivity contribution in [3.8, 4) is 0 Å². The topological polar surface area (TPSA) is 23.6 Å². The summed E-state index contributed by atoms with van der Waals surface area (Å²) in [6, 6.07) is 6.37. The predicted octanol–water partition coefficient (Wildman–Crippen LogP) is 2.53. The highest BCUT2D eigenvalue weighted by atomic mass is 79.9. The van der Waals surface area contributed by atoms with Crippen molar-refractivity contribution in [1.82, 2.24) is 9.80 Å². The van der Waals surface area contributed by atoms with E-state index in [9.17, 15) is 4.79 Å². The summed E-state index contributed by atoms with van der Waals surface area (Å²) in [7, 11) is 4.14. The van der Waals surface area contributed by atoms with Crippen LogP contribution in [-0.2, 0) is 0 Å². The Morgan fingerprint density at radius 2 is 2.17 bits per heavy atom. The molecule has 1 heterocycles. The summed E-state index contributed by atoms with van der Waals surface area (Å²) in [6.45, 7) is 3.70. The Balaban J connectivity index is 2.13. The van der Waals surface area contributed by atoms with Gasteiger partial charge in [0, 0.05) is 23.6 Å². The van der Waals surface area contributed by atoms with E-state index in [4.69, 9.17) is 0 Å². The van der Waals surface area contributed by atoms with Gasteiger partial charge in [-0.3, -0.25) is 4.79 Å². The number of carbonyl (C=O) groups excluding carboxylic acids is 1. The first kappa shape index (κ1) is 13.6. The molecule has 0 aliphatic carbocycles. The van der Waals surface area contributed by atoms with E-state index in [-0.39, 0.29) is 5.91 Å². The fraction of sp³-hybridized carbons (Fsp3) is 0.500. The van der Waals surface area contributed by atoms with Crippen LogP contribution in [0.3, 0.4) is 0 Å². The van der Waals surface area contributed by atoms with Crippen LogP contribution >= 0.6 is 15.9 Å². The van der Waals surface area contributed by atoms with Gasteiger partial charge in [0.25, 0.3) is 5.91 Å². The van der Waals surface area contributed by atoms with Crippen molar-refractivity contribution in [2.24, 2.45) is 0 Å². The molecule has 18 heavy (non-hydrogen) atoms. The number of hydrogen-bond acceptors (Lipinski definition) is 2. The van der Waals surface area contributed by atoms with E-state index in [1.54, 1.807) is 0 Å². The zero-order valence-electron chi connectivity index (χ0n) is 11.1. The number of carbonyl (C=O) groups is 1. The molecule has 2 rings (SSSR count). The number of halogens is 1. The lowest BCUT2D eigenvalue weighted by Gasteiger charge is -2.21. The second-order valence-electron chi connectivity index (χ2n) is 5.14. The molecule has 1 atom stereocenters. The van der Waals surface area contributed by atoms with E-state index < -0.39 is 0 Å². The fourth-order valence-corrected chi connectivity index (χ4v) is 2.97. The molecule has 1 aliphatic heterocycles. The van der Waals surface area contributed by atoms with Gasteiger partial charge in [-0.05, 0) is 61.1 Å². The first-order valence-electron chi connectivity index (χ1n) is 6.21. The highest BCUT2D eigenvalue weighted by Gasteiger charge is 2.28. The van der Waals surface area contributed by atoms with Crippen molar-refractivity contribution in [3.05, 3.63) is 33.8 Å². The van der Waals surface area contributed by atoms with Crippen LogP contribution in [0.5, 0.6) is 0 Å². The lowest BCUT2D eigenvalue weighted by molar-refractivity contribution is 0.0782. The maximum absolute atomic E-state index is 12.4. The first-order chi connectivity index (χ1) is 8.49. The molecule has 1 aliphatic rings. The standard InChI is InChI=1S/C14H19BrN2O/c1-10-4-5-12(13(15)8-10)14(18)17-7-6-11(9-17)16(2)3/h4-5,8,11H,6-7,9H2,1-3H3. The van der Waals surface area contributed by atoms with E-state index in [0.29, 0.717) is 6.04 Å². The maximum Gasteiger partial charge on any atom is 0.255 e. The molecule has 0 radical (unpaired) electrons. The Morgan fingerprint density at radius 1 is 1.44 bits per heavy atom. The van der Waals surface area contributed by atoms with Crippen molar-refractivity contribution >= 4 is 21.8 Å². The van der Waals surface area contributed by atoms with Crippen LogP contribution in [0.4, 0.5) is 0 Å². The van der Waals surface area contributed by atoms with Gasteiger partial charge in [0.1, 0.15) is 0 Å². The molecule has 1 aromatic carbocycles. The first-order valence-corrected chi connectivity index (χ1v) is 7.00. The molecule has 0 bridgehead atoms. The summed E-state index contributed by atoms with van der Waals surface area (Å²) in [6.07, 6.45) is 1.06. The van der Waals surface area contributed by atoms with E-state index in [1.165, 1.54) is 0 Å². The SMILES string of the molecule is Cc1ccc(C(=O)N2CCC(N(C)C)C2)c(Br)c1. The van der Waals surface area contributed by atoms with Crippen molar-refractivity contribution in [2.45, 2.75) is 19.4 Å². The van der Waals surface area contributed by atoms with E-state index in [1.807, 2.05) is 30.0 Å². The van der Waals surface area contributed by atoms with Crippen LogP contribution in [0.2, 0.25) is 0 Å². The van der Waals surface area contributed by atoms with Gasteiger partial charge in [-0.15, -0.1) is 0 Å². The number of benzene rings is 1. The number of likely N-dealkylation sites (tertiary alicyclic amines) is 1. The van der Waals surface area contributed by atoms with Crippen molar-refractivity contribution < 1.29 is 4.79 Å². The molecule has 1 unspecified atom stereocenters. The summed E-state index contributed by atoms with van der Waals surface area (Å²) >= 11 is 3.48.